The summed E-state index contributed by atoms with van der Waals surface area (Å²) in [5.74, 6) is 0. The van der Waals surface area contributed by atoms with Crippen LogP contribution in [0.2, 0.25) is 0 Å². The molecule has 1 aromatic rings. The van der Waals surface area contributed by atoms with Gasteiger partial charge in [-0.2, -0.15) is 0 Å². The minimum absolute atomic E-state index is 0. The Morgan fingerprint density at radius 1 is 1.35 bits per heavy atom. The molecule has 138 valence electrons. The average Bonchev–Trinajstić information content (AvgIpc) is 2.85. The first kappa shape index (κ1) is 43.8. The second-order valence-corrected chi connectivity index (χ2v) is 13.6. The Morgan fingerprint density at radius 3 is 1.83 bits per heavy atom. The van der Waals surface area contributed by atoms with E-state index in [-0.39, 0.29) is 61.8 Å². The smallest absolute Gasteiger partial charge is 0 e. The number of nitrogens with zero attached hydrogens (tertiary/aromatic N) is 4. The molecule has 0 amide bonds. The molecule has 0 atom stereocenters. The third kappa shape index (κ3) is 103. The van der Waals surface area contributed by atoms with E-state index in [2.05, 4.69) is 59.5 Å². The third-order valence-electron chi connectivity index (χ3n) is 0.648. The van der Waals surface area contributed by atoms with Crippen molar-refractivity contribution in [1.82, 2.24) is 9.97 Å². The zero-order valence-corrected chi connectivity index (χ0v) is 19.5. The molecule has 0 aromatic carbocycles. The monoisotopic (exact) mass is 678 g/mol. The van der Waals surface area contributed by atoms with Crippen molar-refractivity contribution in [1.29, 1.82) is 0 Å². The fourth-order valence-corrected chi connectivity index (χ4v) is 0.288. The molecule has 23 heavy (non-hydrogen) atoms. The number of aromatic nitrogens is 2. The van der Waals surface area contributed by atoms with Gasteiger partial charge in [0.15, 0.2) is 6.79 Å². The van der Waals surface area contributed by atoms with Gasteiger partial charge in [-0.25, -0.2) is 0 Å². The van der Waals surface area contributed by atoms with Gasteiger partial charge in [0.1, 0.15) is 0 Å². The maximum atomic E-state index is 9.26. The molecule has 11 nitrogen and oxygen atoms in total. The van der Waals surface area contributed by atoms with Crippen LogP contribution in [0.4, 0.5) is 0 Å². The van der Waals surface area contributed by atoms with Crippen molar-refractivity contribution in [3.8, 4) is 0 Å². The van der Waals surface area contributed by atoms with Gasteiger partial charge in [-0.3, -0.25) is 4.84 Å². The van der Waals surface area contributed by atoms with Crippen molar-refractivity contribution >= 4 is 40.0 Å². The number of ether oxygens (including phenoxy) is 1. The van der Waals surface area contributed by atoms with E-state index in [9.17, 15) is 10.1 Å². The van der Waals surface area contributed by atoms with Crippen molar-refractivity contribution in [3.63, 3.8) is 0 Å². The number of hydrogen-bond donors (Lipinski definition) is 1. The van der Waals surface area contributed by atoms with Crippen molar-refractivity contribution < 1.29 is 67.1 Å². The van der Waals surface area contributed by atoms with Crippen LogP contribution in [0, 0.1) is 27.7 Å². The molecule has 0 aliphatic heterocycles. The molecule has 1 heterocycles. The predicted molar refractivity (Wildman–Crippen MR) is 94.2 cm³/mol. The number of halogens is 2. The van der Waals surface area contributed by atoms with Crippen LogP contribution in [0.5, 0.6) is 0 Å². The first-order valence-electron chi connectivity index (χ1n) is 3.80. The Morgan fingerprint density at radius 2 is 1.74 bits per heavy atom. The minimum atomic E-state index is -1.50. The quantitative estimate of drug-likeness (QED) is 0.167. The second-order valence-electron chi connectivity index (χ2n) is 1.77. The van der Waals surface area contributed by atoms with Crippen LogP contribution in [-0.4, -0.2) is 34.3 Å². The zero-order valence-electron chi connectivity index (χ0n) is 10.9. The Balaban J connectivity index is -0.0000000291. The molecule has 0 saturated carbocycles. The molecule has 0 bridgehead atoms. The third-order valence-corrected chi connectivity index (χ3v) is 0.648. The zero-order chi connectivity index (χ0) is 15.5. The summed E-state index contributed by atoms with van der Waals surface area (Å²) in [7, 11) is 1.94. The van der Waals surface area contributed by atoms with Gasteiger partial charge in [0, 0.05) is 39.8 Å². The summed E-state index contributed by atoms with van der Waals surface area (Å²) in [6.07, 6.45) is 4.78. The Bertz CT molecular complexity index is 281. The van der Waals surface area contributed by atoms with Crippen LogP contribution >= 0.6 is 40.0 Å². The van der Waals surface area contributed by atoms with Crippen LogP contribution in [-0.2, 0) is 51.7 Å². The fourth-order valence-electron chi connectivity index (χ4n) is 0.288. The number of methoxy groups -OCH3 is 1. The summed E-state index contributed by atoms with van der Waals surface area (Å²) < 4.78 is 4.19. The van der Waals surface area contributed by atoms with Gasteiger partial charge in [-0.05, 0) is 0 Å². The molecule has 0 aliphatic rings. The van der Waals surface area contributed by atoms with E-state index < -0.39 is 10.2 Å². The summed E-state index contributed by atoms with van der Waals surface area (Å²) in [6.45, 7) is -0.299. The first-order chi connectivity index (χ1) is 8.92. The average molecular weight is 678 g/mol. The summed E-state index contributed by atoms with van der Waals surface area (Å²) >= 11 is 4.74. The van der Waals surface area contributed by atoms with Crippen molar-refractivity contribution in [2.45, 2.75) is 14.9 Å². The van der Waals surface area contributed by atoms with Gasteiger partial charge in [-0.15, -0.1) is 20.2 Å². The van der Waals surface area contributed by atoms with E-state index in [0.29, 0.717) is 9.47 Å². The Hall–Kier alpha value is 0.718. The van der Waals surface area contributed by atoms with Gasteiger partial charge in [-0.1, -0.05) is 33.6 Å². The number of hydrogen-bond acceptors (Lipinski definition) is 7. The largest absolute Gasteiger partial charge is 0.450 e. The summed E-state index contributed by atoms with van der Waals surface area (Å²) in [5, 5.41) is 22.0. The topological polar surface area (TPSA) is 152 Å². The van der Waals surface area contributed by atoms with E-state index in [1.807, 2.05) is 0 Å². The minimum Gasteiger partial charge on any atom is -0.450 e. The van der Waals surface area contributed by atoms with Crippen LogP contribution < -0.4 is 4.98 Å². The molecule has 1 radical (unpaired) electrons. The molecule has 1 rings (SSSR count). The summed E-state index contributed by atoms with van der Waals surface area (Å²) in [4.78, 5) is 28.5. The maximum Gasteiger partial charge on any atom is 0 e. The fraction of sp³-hybridized carbons (Fsp3) is 0.500. The molecule has 15 heteroatoms. The van der Waals surface area contributed by atoms with Crippen molar-refractivity contribution in [2.24, 2.45) is 0 Å². The molecular weight excluding hydrogens is 658 g/mol. The summed E-state index contributed by atoms with van der Waals surface area (Å²) in [6, 6.07) is 0. The van der Waals surface area contributed by atoms with E-state index in [4.69, 9.17) is 15.3 Å². The van der Waals surface area contributed by atoms with Gasteiger partial charge in [0.25, 0.3) is 10.2 Å². The van der Waals surface area contributed by atoms with Crippen LogP contribution in [0.3, 0.4) is 0 Å². The molecular formula is C8H20I2N4O7VY-2. The molecule has 1 aromatic heterocycles. The van der Waals surface area contributed by atoms with Crippen molar-refractivity contribution in [3.05, 3.63) is 46.4 Å². The predicted octanol–water partition coefficient (Wildman–Crippen LogP) is 2.98. The normalized spacial score (nSPS) is 5.87. The Labute approximate surface area is 190 Å². The van der Waals surface area contributed by atoms with Gasteiger partial charge >= 0.3 is 49.4 Å². The van der Waals surface area contributed by atoms with E-state index in [0.717, 1.165) is 0 Å². The van der Waals surface area contributed by atoms with E-state index in [1.54, 1.807) is 12.4 Å². The molecule has 0 unspecified atom stereocenters. The van der Waals surface area contributed by atoms with Gasteiger partial charge in [0.2, 0.25) is 0 Å². The molecule has 0 spiro atoms. The van der Waals surface area contributed by atoms with Gasteiger partial charge < -0.3 is 27.3 Å². The van der Waals surface area contributed by atoms with Crippen molar-refractivity contribution in [2.75, 3.05) is 13.9 Å². The first-order valence-corrected chi connectivity index (χ1v) is 12.8. The number of imidazole rings is 1. The van der Waals surface area contributed by atoms with Crippen LogP contribution in [0.1, 0.15) is 14.9 Å². The molecule has 0 saturated heterocycles. The molecule has 1 N–H and O–H groups in total. The maximum absolute atomic E-state index is 9.26. The van der Waals surface area contributed by atoms with E-state index in [1.165, 1.54) is 13.4 Å². The second kappa shape index (κ2) is 43.4. The van der Waals surface area contributed by atoms with Gasteiger partial charge in [0.05, 0.1) is 0 Å². The molecule has 0 aliphatic carbocycles. The summed E-state index contributed by atoms with van der Waals surface area (Å²) in [5.41, 5.74) is 0. The number of rotatable bonds is 3. The SMILES string of the molecule is C.C.COCO[N+](=O)[O-].O=[N+]([O-])O.[CH3-].[I][V][I].[Y].c1c[n-]cn1. The van der Waals surface area contributed by atoms with Crippen LogP contribution in [0.25, 0.3) is 0 Å². The standard InChI is InChI=1S/C3H3N2.C2H5NO4.2CH4.CH3.2HI.HNO3.V.Y/c1-2-5-3-4-1;1-6-2-7-3(4)5;;;;;;2-1(3)4;;/h1-3H;2H2,1H3;2*1H4;1H3;2*1H;(H,2,3,4);;/q-1;;;;-1;;;;+2;/p-2. The molecule has 0 fully saturated rings. The van der Waals surface area contributed by atoms with E-state index >= 15 is 0 Å². The van der Waals surface area contributed by atoms with Crippen LogP contribution in [0.15, 0.2) is 18.7 Å². The Kier molecular flexibility index (Phi) is 82.6.